The van der Waals surface area contributed by atoms with Crippen LogP contribution in [-0.2, 0) is 0 Å². The molecule has 4 heteroatoms. The number of carbonyl (C=O) groups is 1. The minimum atomic E-state index is -0.0941. The van der Waals surface area contributed by atoms with Crippen molar-refractivity contribution in [2.24, 2.45) is 17.8 Å². The average molecular weight is 291 g/mol. The topological polar surface area (TPSA) is 54.0 Å². The summed E-state index contributed by atoms with van der Waals surface area (Å²) in [5, 5.41) is 6.25. The quantitative estimate of drug-likeness (QED) is 0.770. The van der Waals surface area contributed by atoms with E-state index in [0.29, 0.717) is 30.0 Å². The highest BCUT2D eigenvalue weighted by Crippen LogP contribution is 2.19. The van der Waals surface area contributed by atoms with Gasteiger partial charge in [-0.15, -0.1) is 0 Å². The second kappa shape index (κ2) is 8.65. The van der Waals surface area contributed by atoms with Crippen molar-refractivity contribution >= 4 is 11.6 Å². The fourth-order valence-corrected chi connectivity index (χ4v) is 2.44. The maximum atomic E-state index is 12.1. The maximum absolute atomic E-state index is 12.1. The van der Waals surface area contributed by atoms with Crippen molar-refractivity contribution in [3.63, 3.8) is 0 Å². The van der Waals surface area contributed by atoms with Crippen LogP contribution in [0.1, 0.15) is 51.5 Å². The van der Waals surface area contributed by atoms with Gasteiger partial charge in [-0.05, 0) is 36.3 Å². The molecule has 1 heterocycles. The molecule has 0 saturated carbocycles. The summed E-state index contributed by atoms with van der Waals surface area (Å²) in [5.74, 6) is 1.50. The van der Waals surface area contributed by atoms with Crippen LogP contribution < -0.4 is 10.6 Å². The molecular weight excluding hydrogens is 262 g/mol. The molecule has 4 nitrogen and oxygen atoms in total. The molecule has 21 heavy (non-hydrogen) atoms. The molecular formula is C17H29N3O. The third-order valence-corrected chi connectivity index (χ3v) is 3.79. The minimum absolute atomic E-state index is 0.0941. The highest BCUT2D eigenvalue weighted by Gasteiger charge is 2.18. The molecule has 0 aliphatic carbocycles. The third kappa shape index (κ3) is 5.74. The van der Waals surface area contributed by atoms with Crippen molar-refractivity contribution < 1.29 is 4.79 Å². The van der Waals surface area contributed by atoms with E-state index in [-0.39, 0.29) is 5.91 Å². The van der Waals surface area contributed by atoms with Crippen LogP contribution in [0.25, 0.3) is 0 Å². The highest BCUT2D eigenvalue weighted by atomic mass is 16.1. The Kier molecular flexibility index (Phi) is 7.20. The van der Waals surface area contributed by atoms with Crippen molar-refractivity contribution in [2.75, 3.05) is 18.4 Å². The summed E-state index contributed by atoms with van der Waals surface area (Å²) < 4.78 is 0. The molecule has 0 unspecified atom stereocenters. The fraction of sp³-hybridized carbons (Fsp3) is 0.647. The van der Waals surface area contributed by atoms with Crippen LogP contribution in [-0.4, -0.2) is 24.0 Å². The predicted octanol–water partition coefficient (Wildman–Crippen LogP) is 3.56. The SMILES string of the molecule is CCCNc1ccc(C(=O)NCC(C(C)C)C(C)C)nc1. The second-order valence-corrected chi connectivity index (χ2v) is 6.22. The Morgan fingerprint density at radius 2 is 1.86 bits per heavy atom. The first-order valence-electron chi connectivity index (χ1n) is 7.93. The van der Waals surface area contributed by atoms with Crippen molar-refractivity contribution in [2.45, 2.75) is 41.0 Å². The van der Waals surface area contributed by atoms with Gasteiger partial charge in [-0.1, -0.05) is 34.6 Å². The van der Waals surface area contributed by atoms with Crippen LogP contribution in [0.15, 0.2) is 18.3 Å². The lowest BCUT2D eigenvalue weighted by atomic mass is 9.85. The largest absolute Gasteiger partial charge is 0.384 e. The van der Waals surface area contributed by atoms with Crippen molar-refractivity contribution in [1.82, 2.24) is 10.3 Å². The number of hydrogen-bond donors (Lipinski definition) is 2. The minimum Gasteiger partial charge on any atom is -0.384 e. The number of nitrogens with zero attached hydrogens (tertiary/aromatic N) is 1. The van der Waals surface area contributed by atoms with E-state index in [9.17, 15) is 4.79 Å². The van der Waals surface area contributed by atoms with Gasteiger partial charge in [-0.2, -0.15) is 0 Å². The van der Waals surface area contributed by atoms with Crippen molar-refractivity contribution in [1.29, 1.82) is 0 Å². The highest BCUT2D eigenvalue weighted by molar-refractivity contribution is 5.92. The van der Waals surface area contributed by atoms with Gasteiger partial charge in [0.15, 0.2) is 0 Å². The van der Waals surface area contributed by atoms with Gasteiger partial charge < -0.3 is 10.6 Å². The number of anilines is 1. The first-order valence-corrected chi connectivity index (χ1v) is 7.93. The molecule has 1 amide bonds. The average Bonchev–Trinajstić information content (AvgIpc) is 2.44. The molecule has 1 rings (SSSR count). The molecule has 0 aliphatic heterocycles. The second-order valence-electron chi connectivity index (χ2n) is 6.22. The van der Waals surface area contributed by atoms with Gasteiger partial charge in [0, 0.05) is 13.1 Å². The summed E-state index contributed by atoms with van der Waals surface area (Å²) in [6.07, 6.45) is 2.78. The van der Waals surface area contributed by atoms with Gasteiger partial charge in [-0.25, -0.2) is 4.98 Å². The third-order valence-electron chi connectivity index (χ3n) is 3.79. The molecule has 1 aromatic rings. The standard InChI is InChI=1S/C17H29N3O/c1-6-9-18-14-7-8-16(19-10-14)17(21)20-11-15(12(2)3)13(4)5/h7-8,10,12-13,15,18H,6,9,11H2,1-5H3,(H,20,21). The lowest BCUT2D eigenvalue weighted by Crippen LogP contribution is -2.34. The number of rotatable bonds is 8. The van der Waals surface area contributed by atoms with Crippen LogP contribution >= 0.6 is 0 Å². The summed E-state index contributed by atoms with van der Waals surface area (Å²) in [5.41, 5.74) is 1.43. The molecule has 0 atom stereocenters. The molecule has 1 aromatic heterocycles. The zero-order valence-electron chi connectivity index (χ0n) is 13.9. The van der Waals surface area contributed by atoms with E-state index in [1.807, 2.05) is 6.07 Å². The first kappa shape index (κ1) is 17.5. The number of nitrogens with one attached hydrogen (secondary N) is 2. The summed E-state index contributed by atoms with van der Waals surface area (Å²) in [6, 6.07) is 3.67. The zero-order chi connectivity index (χ0) is 15.8. The molecule has 0 saturated heterocycles. The first-order chi connectivity index (χ1) is 9.95. The molecule has 118 valence electrons. The van der Waals surface area contributed by atoms with Gasteiger partial charge in [0.1, 0.15) is 5.69 Å². The van der Waals surface area contributed by atoms with Gasteiger partial charge in [0.05, 0.1) is 11.9 Å². The molecule has 0 bridgehead atoms. The van der Waals surface area contributed by atoms with Gasteiger partial charge >= 0.3 is 0 Å². The predicted molar refractivity (Wildman–Crippen MR) is 88.5 cm³/mol. The maximum Gasteiger partial charge on any atom is 0.269 e. The Balaban J connectivity index is 2.55. The van der Waals surface area contributed by atoms with E-state index in [2.05, 4.69) is 50.2 Å². The lowest BCUT2D eigenvalue weighted by Gasteiger charge is -2.24. The Morgan fingerprint density at radius 1 is 1.19 bits per heavy atom. The monoisotopic (exact) mass is 291 g/mol. The number of aromatic nitrogens is 1. The Bertz CT molecular complexity index is 418. The number of amides is 1. The van der Waals surface area contributed by atoms with Crippen LogP contribution in [0.3, 0.4) is 0 Å². The summed E-state index contributed by atoms with van der Waals surface area (Å²) in [4.78, 5) is 16.4. The Labute approximate surface area is 128 Å². The molecule has 0 fully saturated rings. The van der Waals surface area contributed by atoms with Crippen molar-refractivity contribution in [3.8, 4) is 0 Å². The molecule has 0 radical (unpaired) electrons. The van der Waals surface area contributed by atoms with Gasteiger partial charge in [0.25, 0.3) is 5.91 Å². The molecule has 0 aliphatic rings. The summed E-state index contributed by atoms with van der Waals surface area (Å²) in [7, 11) is 0. The summed E-state index contributed by atoms with van der Waals surface area (Å²) in [6.45, 7) is 12.5. The Morgan fingerprint density at radius 3 is 2.33 bits per heavy atom. The van der Waals surface area contributed by atoms with Crippen LogP contribution in [0, 0.1) is 17.8 Å². The fourth-order valence-electron chi connectivity index (χ4n) is 2.44. The Hall–Kier alpha value is -1.58. The normalized spacial score (nSPS) is 11.2. The zero-order valence-corrected chi connectivity index (χ0v) is 13.9. The lowest BCUT2D eigenvalue weighted by molar-refractivity contribution is 0.0932. The van der Waals surface area contributed by atoms with E-state index in [4.69, 9.17) is 0 Å². The number of hydrogen-bond acceptors (Lipinski definition) is 3. The molecule has 0 spiro atoms. The van der Waals surface area contributed by atoms with Crippen LogP contribution in [0.5, 0.6) is 0 Å². The van der Waals surface area contributed by atoms with Gasteiger partial charge in [-0.3, -0.25) is 4.79 Å². The number of carbonyl (C=O) groups excluding carboxylic acids is 1. The summed E-state index contributed by atoms with van der Waals surface area (Å²) >= 11 is 0. The van der Waals surface area contributed by atoms with E-state index in [1.165, 1.54) is 0 Å². The van der Waals surface area contributed by atoms with E-state index in [1.54, 1.807) is 12.3 Å². The van der Waals surface area contributed by atoms with Crippen LogP contribution in [0.4, 0.5) is 5.69 Å². The number of pyridine rings is 1. The van der Waals surface area contributed by atoms with Gasteiger partial charge in [0.2, 0.25) is 0 Å². The smallest absolute Gasteiger partial charge is 0.269 e. The van der Waals surface area contributed by atoms with Crippen LogP contribution in [0.2, 0.25) is 0 Å². The van der Waals surface area contributed by atoms with E-state index < -0.39 is 0 Å². The molecule has 2 N–H and O–H groups in total. The van der Waals surface area contributed by atoms with E-state index in [0.717, 1.165) is 18.7 Å². The van der Waals surface area contributed by atoms with Crippen molar-refractivity contribution in [3.05, 3.63) is 24.0 Å². The molecule has 0 aromatic carbocycles. The van der Waals surface area contributed by atoms with E-state index >= 15 is 0 Å².